The van der Waals surface area contributed by atoms with Crippen molar-refractivity contribution in [1.29, 1.82) is 0 Å². The second kappa shape index (κ2) is 13.2. The molecule has 26 heavy (non-hydrogen) atoms. The first kappa shape index (κ1) is 25.0. The minimum atomic E-state index is -0.497. The highest BCUT2D eigenvalue weighted by molar-refractivity contribution is 5.68. The van der Waals surface area contributed by atoms with Crippen LogP contribution < -0.4 is 17.1 Å². The quantitative estimate of drug-likeness (QED) is 0.577. The van der Waals surface area contributed by atoms with Gasteiger partial charge in [0, 0.05) is 13.1 Å². The van der Waals surface area contributed by atoms with Crippen LogP contribution in [0.2, 0.25) is 0 Å². The van der Waals surface area contributed by atoms with Crippen LogP contribution in [0.5, 0.6) is 0 Å². The summed E-state index contributed by atoms with van der Waals surface area (Å²) in [5, 5.41) is 3.19. The Labute approximate surface area is 156 Å². The Balaban J connectivity index is 0.000000532. The summed E-state index contributed by atoms with van der Waals surface area (Å²) in [5.74, 6) is 9.88. The zero-order valence-electron chi connectivity index (χ0n) is 15.4. The highest BCUT2D eigenvalue weighted by Crippen LogP contribution is 2.14. The summed E-state index contributed by atoms with van der Waals surface area (Å²) in [7, 11) is 0. The van der Waals surface area contributed by atoms with E-state index in [1.165, 1.54) is 0 Å². The van der Waals surface area contributed by atoms with Gasteiger partial charge < -0.3 is 29.2 Å². The molecule has 10 nitrogen and oxygen atoms in total. The Morgan fingerprint density at radius 2 is 1.81 bits per heavy atom. The first-order valence-electron chi connectivity index (χ1n) is 8.39. The van der Waals surface area contributed by atoms with E-state index in [1.54, 1.807) is 4.90 Å². The van der Waals surface area contributed by atoms with Crippen LogP contribution in [0.4, 0.5) is 4.79 Å². The molecule has 2 aliphatic heterocycles. The lowest BCUT2D eigenvalue weighted by molar-refractivity contribution is -0.0547. The van der Waals surface area contributed by atoms with Crippen molar-refractivity contribution < 1.29 is 28.7 Å². The molecule has 2 aliphatic rings. The molecule has 10 heteroatoms. The van der Waals surface area contributed by atoms with Crippen LogP contribution in [0.15, 0.2) is 0 Å². The molecule has 0 aliphatic carbocycles. The molecule has 0 bridgehead atoms. The molecule has 2 fully saturated rings. The lowest BCUT2D eigenvalue weighted by Gasteiger charge is -2.35. The Bertz CT molecular complexity index is 369. The predicted octanol–water partition coefficient (Wildman–Crippen LogP) is 0.0138. The number of morpholine rings is 2. The van der Waals surface area contributed by atoms with E-state index in [0.29, 0.717) is 33.0 Å². The van der Waals surface area contributed by atoms with Gasteiger partial charge in [-0.1, -0.05) is 7.43 Å². The maximum absolute atomic E-state index is 11.9. The molecule has 0 spiro atoms. The molecular formula is C16H36N4O6. The maximum Gasteiger partial charge on any atom is 0.410 e. The van der Waals surface area contributed by atoms with Crippen LogP contribution in [-0.4, -0.2) is 81.4 Å². The number of ether oxygens (including phenoxy) is 3. The fraction of sp³-hybridized carbons (Fsp3) is 0.938. The van der Waals surface area contributed by atoms with Crippen LogP contribution in [0.25, 0.3) is 0 Å². The third-order valence-corrected chi connectivity index (χ3v) is 3.44. The topological polar surface area (TPSA) is 131 Å². The van der Waals surface area contributed by atoms with Crippen LogP contribution in [0, 0.1) is 0 Å². The fourth-order valence-corrected chi connectivity index (χ4v) is 2.31. The molecule has 0 radical (unpaired) electrons. The van der Waals surface area contributed by atoms with E-state index in [0.717, 1.165) is 13.2 Å². The molecule has 0 aromatic rings. The first-order valence-corrected chi connectivity index (χ1v) is 8.39. The minimum Gasteiger partial charge on any atom is -0.444 e. The smallest absolute Gasteiger partial charge is 0.410 e. The second-order valence-corrected chi connectivity index (χ2v) is 6.80. The van der Waals surface area contributed by atoms with Gasteiger partial charge in [0.1, 0.15) is 5.60 Å². The third-order valence-electron chi connectivity index (χ3n) is 3.44. The Kier molecular flexibility index (Phi) is 12.7. The van der Waals surface area contributed by atoms with E-state index in [1.807, 2.05) is 20.8 Å². The third kappa shape index (κ3) is 10.2. The van der Waals surface area contributed by atoms with Crippen molar-refractivity contribution >= 4 is 6.09 Å². The summed E-state index contributed by atoms with van der Waals surface area (Å²) in [6.45, 7) is 10.1. The van der Waals surface area contributed by atoms with Crippen LogP contribution in [0.1, 0.15) is 28.2 Å². The number of hydrogen-bond acceptors (Lipinski definition) is 9. The number of nitrogens with one attached hydrogen (secondary N) is 1. The van der Waals surface area contributed by atoms with Crippen LogP contribution in [0.3, 0.4) is 0 Å². The van der Waals surface area contributed by atoms with Gasteiger partial charge in [0.05, 0.1) is 51.7 Å². The van der Waals surface area contributed by atoms with E-state index in [9.17, 15) is 4.79 Å². The Morgan fingerprint density at radius 1 is 1.15 bits per heavy atom. The van der Waals surface area contributed by atoms with Gasteiger partial charge in [0.25, 0.3) is 0 Å². The van der Waals surface area contributed by atoms with Crippen molar-refractivity contribution in [2.45, 2.75) is 45.9 Å². The number of carbonyl (C=O) groups is 1. The van der Waals surface area contributed by atoms with Crippen molar-refractivity contribution in [2.75, 3.05) is 52.7 Å². The first-order chi connectivity index (χ1) is 11.9. The lowest BCUT2D eigenvalue weighted by atomic mass is 10.2. The largest absolute Gasteiger partial charge is 0.444 e. The number of amides is 1. The average molecular weight is 380 g/mol. The fourth-order valence-electron chi connectivity index (χ4n) is 2.31. The molecule has 0 unspecified atom stereocenters. The number of nitrogens with zero attached hydrogens (tertiary/aromatic N) is 1. The number of nitrogens with two attached hydrogens (primary N) is 2. The average Bonchev–Trinajstić information content (AvgIpc) is 2.56. The zero-order chi connectivity index (χ0) is 18.7. The highest BCUT2D eigenvalue weighted by Gasteiger charge is 2.30. The monoisotopic (exact) mass is 380 g/mol. The molecule has 2 rings (SSSR count). The van der Waals surface area contributed by atoms with Crippen molar-refractivity contribution in [3.63, 3.8) is 0 Å². The van der Waals surface area contributed by atoms with Gasteiger partial charge in [-0.3, -0.25) is 4.90 Å². The normalized spacial score (nSPS) is 23.3. The molecule has 2 heterocycles. The summed E-state index contributed by atoms with van der Waals surface area (Å²) in [4.78, 5) is 22.5. The van der Waals surface area contributed by atoms with Crippen molar-refractivity contribution in [2.24, 2.45) is 11.8 Å². The summed E-state index contributed by atoms with van der Waals surface area (Å²) in [6, 6.07) is 0.109. The molecule has 1 amide bonds. The van der Waals surface area contributed by atoms with Gasteiger partial charge in [0.15, 0.2) is 0 Å². The Hall–Kier alpha value is -1.01. The lowest BCUT2D eigenvalue weighted by Crippen LogP contribution is -2.52. The van der Waals surface area contributed by atoms with Gasteiger partial charge in [-0.05, 0) is 20.8 Å². The van der Waals surface area contributed by atoms with Crippen molar-refractivity contribution in [1.82, 2.24) is 10.2 Å². The van der Waals surface area contributed by atoms with E-state index in [4.69, 9.17) is 26.0 Å². The summed E-state index contributed by atoms with van der Waals surface area (Å²) in [6.07, 6.45) is -0.349. The maximum atomic E-state index is 11.9. The van der Waals surface area contributed by atoms with Gasteiger partial charge in [-0.2, -0.15) is 0 Å². The van der Waals surface area contributed by atoms with Crippen LogP contribution >= 0.6 is 0 Å². The van der Waals surface area contributed by atoms with E-state index >= 15 is 0 Å². The number of carbonyl (C=O) groups excluding carboxylic acids is 1. The number of hydrogen-bond donors (Lipinski definition) is 3. The summed E-state index contributed by atoms with van der Waals surface area (Å²) >= 11 is 0. The Morgan fingerprint density at radius 3 is 2.35 bits per heavy atom. The molecule has 5 N–H and O–H groups in total. The van der Waals surface area contributed by atoms with Gasteiger partial charge >= 0.3 is 6.09 Å². The van der Waals surface area contributed by atoms with Gasteiger partial charge in [-0.25, -0.2) is 16.6 Å². The molecule has 2 saturated heterocycles. The molecular weight excluding hydrogens is 344 g/mol. The van der Waals surface area contributed by atoms with Crippen molar-refractivity contribution in [3.8, 4) is 0 Å². The van der Waals surface area contributed by atoms with Crippen LogP contribution in [-0.2, 0) is 23.9 Å². The van der Waals surface area contributed by atoms with E-state index < -0.39 is 5.60 Å². The van der Waals surface area contributed by atoms with Gasteiger partial charge in [0.2, 0.25) is 0 Å². The summed E-state index contributed by atoms with van der Waals surface area (Å²) in [5.41, 5.74) is -0.497. The predicted molar refractivity (Wildman–Crippen MR) is 97.2 cm³/mol. The number of rotatable bonds is 4. The second-order valence-electron chi connectivity index (χ2n) is 6.80. The molecule has 0 aromatic heterocycles. The zero-order valence-corrected chi connectivity index (χ0v) is 15.4. The SMILES string of the molecule is C.CC(C)(C)OC(=O)N1CCOC[C@@H]1CON.NOC[C@H]1COCCN1. The molecule has 0 saturated carbocycles. The standard InChI is InChI=1S/C10H20N2O4.C5H12N2O2.CH4/c1-10(2,3)16-9(13)12-4-5-14-6-8(12)7-15-11;6-9-4-5-3-8-2-1-7-5;/h8H,4-7,11H2,1-3H3;5,7H,1-4,6H2;1H4/t8-;5-;/m11./s1. The highest BCUT2D eigenvalue weighted by atomic mass is 16.6. The van der Waals surface area contributed by atoms with E-state index in [-0.39, 0.29) is 32.2 Å². The van der Waals surface area contributed by atoms with E-state index in [2.05, 4.69) is 15.0 Å². The summed E-state index contributed by atoms with van der Waals surface area (Å²) < 4.78 is 15.7. The molecule has 0 aromatic carbocycles. The van der Waals surface area contributed by atoms with Gasteiger partial charge in [-0.15, -0.1) is 0 Å². The van der Waals surface area contributed by atoms with Crippen molar-refractivity contribution in [3.05, 3.63) is 0 Å². The molecule has 156 valence electrons. The minimum absolute atomic E-state index is 0. The molecule has 2 atom stereocenters.